The van der Waals surface area contributed by atoms with Crippen molar-refractivity contribution in [1.82, 2.24) is 19.0 Å². The first-order valence-corrected chi connectivity index (χ1v) is 23.5. The highest BCUT2D eigenvalue weighted by Crippen LogP contribution is 2.42. The molecule has 0 saturated heterocycles. The van der Waals surface area contributed by atoms with Crippen molar-refractivity contribution in [1.29, 1.82) is 0 Å². The number of para-hydroxylation sites is 4. The number of nitrogens with one attached hydrogen (secondary N) is 1. The minimum absolute atomic E-state index is 0.434. The van der Waals surface area contributed by atoms with Crippen LogP contribution >= 0.6 is 0 Å². The zero-order chi connectivity index (χ0) is 45.4. The van der Waals surface area contributed by atoms with Crippen molar-refractivity contribution < 1.29 is 0 Å². The fraction of sp³-hybridized carbons (Fsp3) is 0.0159. The van der Waals surface area contributed by atoms with Gasteiger partial charge in [0, 0.05) is 49.1 Å². The zero-order valence-electron chi connectivity index (χ0n) is 37.4. The summed E-state index contributed by atoms with van der Waals surface area (Å²) in [7, 11) is 0. The van der Waals surface area contributed by atoms with E-state index in [0.29, 0.717) is 11.8 Å². The average Bonchev–Trinajstić information content (AvgIpc) is 4.06. The minimum atomic E-state index is -0.434. The van der Waals surface area contributed by atoms with Crippen LogP contribution in [0.15, 0.2) is 253 Å². The monoisotopic (exact) mass is 882 g/mol. The number of fused-ring (bicyclic) bond motifs is 9. The lowest BCUT2D eigenvalue weighted by Crippen LogP contribution is -2.37. The molecule has 0 amide bonds. The number of hydrogen-bond donors (Lipinski definition) is 1. The number of nitrogens with zero attached hydrogens (tertiary/aromatic N) is 5. The Labute approximate surface area is 398 Å². The summed E-state index contributed by atoms with van der Waals surface area (Å²) >= 11 is 0. The Balaban J connectivity index is 1.00. The minimum Gasteiger partial charge on any atom is -0.330 e. The summed E-state index contributed by atoms with van der Waals surface area (Å²) in [5.74, 6) is 1.39. The van der Waals surface area contributed by atoms with E-state index in [4.69, 9.17) is 9.98 Å². The highest BCUT2D eigenvalue weighted by molar-refractivity contribution is 6.22. The molecular formula is C63H42N6. The third kappa shape index (κ3) is 6.26. The van der Waals surface area contributed by atoms with E-state index in [1.165, 1.54) is 32.6 Å². The van der Waals surface area contributed by atoms with Gasteiger partial charge >= 0.3 is 0 Å². The van der Waals surface area contributed by atoms with Gasteiger partial charge in [0.15, 0.2) is 5.84 Å². The topological polar surface area (TPSA) is 51.5 Å². The molecule has 1 aliphatic heterocycles. The molecule has 13 aromatic rings. The SMILES string of the molecule is c1ccc(C2=NC(c3ccc4c(c3)c3ccccc3n4-c3ccccc3)NC(n3c4ccccc4c4cc5c6ccccc6n(-c6cc(-c7ccccc7)ccc6-c6ccccc6)c5cc43)=N2)cc1. The highest BCUT2D eigenvalue weighted by Gasteiger charge is 2.27. The van der Waals surface area contributed by atoms with E-state index in [1.807, 2.05) is 6.07 Å². The molecule has 1 unspecified atom stereocenters. The van der Waals surface area contributed by atoms with Gasteiger partial charge < -0.3 is 14.5 Å². The van der Waals surface area contributed by atoms with Crippen LogP contribution in [0.5, 0.6) is 0 Å². The van der Waals surface area contributed by atoms with Gasteiger partial charge in [0.1, 0.15) is 6.17 Å². The Morgan fingerprint density at radius 3 is 1.49 bits per heavy atom. The van der Waals surface area contributed by atoms with Crippen molar-refractivity contribution in [2.24, 2.45) is 9.98 Å². The van der Waals surface area contributed by atoms with Crippen molar-refractivity contribution >= 4 is 77.2 Å². The van der Waals surface area contributed by atoms with Crippen LogP contribution in [0.1, 0.15) is 17.3 Å². The quantitative estimate of drug-likeness (QED) is 0.178. The van der Waals surface area contributed by atoms with Gasteiger partial charge in [0.2, 0.25) is 5.96 Å². The van der Waals surface area contributed by atoms with Crippen LogP contribution in [0.3, 0.4) is 0 Å². The van der Waals surface area contributed by atoms with E-state index >= 15 is 0 Å². The Morgan fingerprint density at radius 1 is 0.333 bits per heavy atom. The average molecular weight is 883 g/mol. The molecule has 3 aromatic heterocycles. The molecule has 0 saturated carbocycles. The number of benzene rings is 10. The van der Waals surface area contributed by atoms with Gasteiger partial charge in [-0.3, -0.25) is 4.57 Å². The summed E-state index contributed by atoms with van der Waals surface area (Å²) in [6.07, 6.45) is -0.434. The number of aliphatic imine (C=N–C) groups is 2. The number of hydrogen-bond acceptors (Lipinski definition) is 3. The molecule has 69 heavy (non-hydrogen) atoms. The smallest absolute Gasteiger partial charge is 0.211 e. The van der Waals surface area contributed by atoms with Crippen LogP contribution in [0.25, 0.3) is 99.0 Å². The Bertz CT molecular complexity index is 4200. The molecule has 1 aliphatic rings. The lowest BCUT2D eigenvalue weighted by Gasteiger charge is -2.25. The summed E-state index contributed by atoms with van der Waals surface area (Å²) in [5.41, 5.74) is 15.6. The first-order valence-electron chi connectivity index (χ1n) is 23.5. The van der Waals surface area contributed by atoms with E-state index in [9.17, 15) is 0 Å². The van der Waals surface area contributed by atoms with E-state index in [1.54, 1.807) is 0 Å². The van der Waals surface area contributed by atoms with Crippen molar-refractivity contribution in [3.63, 3.8) is 0 Å². The lowest BCUT2D eigenvalue weighted by atomic mass is 9.98. The molecular weight excluding hydrogens is 841 g/mol. The largest absolute Gasteiger partial charge is 0.330 e. The third-order valence-corrected chi connectivity index (χ3v) is 13.9. The summed E-state index contributed by atoms with van der Waals surface area (Å²) in [6.45, 7) is 0. The second-order valence-corrected chi connectivity index (χ2v) is 17.8. The Morgan fingerprint density at radius 2 is 0.841 bits per heavy atom. The van der Waals surface area contributed by atoms with Crippen molar-refractivity contribution in [3.8, 4) is 33.6 Å². The second-order valence-electron chi connectivity index (χ2n) is 17.8. The van der Waals surface area contributed by atoms with Gasteiger partial charge in [-0.05, 0) is 82.9 Å². The van der Waals surface area contributed by atoms with Crippen LogP contribution in [0.2, 0.25) is 0 Å². The van der Waals surface area contributed by atoms with E-state index in [-0.39, 0.29) is 0 Å². The van der Waals surface area contributed by atoms with E-state index < -0.39 is 6.17 Å². The first-order chi connectivity index (χ1) is 34.2. The molecule has 1 atom stereocenters. The second kappa shape index (κ2) is 15.7. The van der Waals surface area contributed by atoms with Gasteiger partial charge in [0.05, 0.1) is 38.8 Å². The van der Waals surface area contributed by atoms with Crippen molar-refractivity contribution in [3.05, 3.63) is 254 Å². The molecule has 0 aliphatic carbocycles. The summed E-state index contributed by atoms with van der Waals surface area (Å²) < 4.78 is 7.14. The van der Waals surface area contributed by atoms with Crippen LogP contribution < -0.4 is 5.32 Å². The van der Waals surface area contributed by atoms with Gasteiger partial charge in [0.25, 0.3) is 0 Å². The molecule has 6 heteroatoms. The summed E-state index contributed by atoms with van der Waals surface area (Å²) in [4.78, 5) is 10.8. The molecule has 0 radical (unpaired) electrons. The van der Waals surface area contributed by atoms with E-state index in [2.05, 4.69) is 256 Å². The van der Waals surface area contributed by atoms with Gasteiger partial charge in [-0.25, -0.2) is 4.99 Å². The number of amidine groups is 1. The lowest BCUT2D eigenvalue weighted by molar-refractivity contribution is 0.662. The molecule has 324 valence electrons. The Kier molecular flexibility index (Phi) is 8.86. The summed E-state index contributed by atoms with van der Waals surface area (Å²) in [5, 5.41) is 11.0. The number of aromatic nitrogens is 3. The molecule has 0 fully saturated rings. The van der Waals surface area contributed by atoms with Crippen LogP contribution in [-0.2, 0) is 0 Å². The predicted molar refractivity (Wildman–Crippen MR) is 287 cm³/mol. The third-order valence-electron chi connectivity index (χ3n) is 13.9. The van der Waals surface area contributed by atoms with E-state index in [0.717, 1.165) is 77.5 Å². The maximum atomic E-state index is 5.44. The molecule has 6 nitrogen and oxygen atoms in total. The fourth-order valence-corrected chi connectivity index (χ4v) is 10.8. The maximum Gasteiger partial charge on any atom is 0.211 e. The zero-order valence-corrected chi connectivity index (χ0v) is 37.4. The standard InChI is InChI=1S/C63H42N6/c1-5-19-41(20-6-1)44-33-35-47(42-21-7-2-8-22-42)58(38-44)68-55-31-17-14-28-49(55)52-39-53-50-29-15-18-32-56(50)69(60(53)40-59(52)68)63-65-61(43-23-9-3-10-24-43)64-62(66-63)45-34-36-57-51(37-45)48-27-13-16-30-54(48)67(57)46-25-11-4-12-26-46/h1-40,62H,(H,64,65,66). The number of rotatable bonds is 6. The Hall–Kier alpha value is -9.26. The normalized spacial score (nSPS) is 13.9. The first kappa shape index (κ1) is 39.0. The molecule has 0 spiro atoms. The van der Waals surface area contributed by atoms with Crippen LogP contribution in [0, 0.1) is 0 Å². The van der Waals surface area contributed by atoms with Gasteiger partial charge in [-0.15, -0.1) is 0 Å². The van der Waals surface area contributed by atoms with Crippen LogP contribution in [-0.4, -0.2) is 25.5 Å². The molecule has 14 rings (SSSR count). The maximum absolute atomic E-state index is 5.44. The molecule has 10 aromatic carbocycles. The van der Waals surface area contributed by atoms with Crippen molar-refractivity contribution in [2.75, 3.05) is 0 Å². The predicted octanol–water partition coefficient (Wildman–Crippen LogP) is 15.3. The molecule has 1 N–H and O–H groups in total. The van der Waals surface area contributed by atoms with Crippen molar-refractivity contribution in [2.45, 2.75) is 6.17 Å². The van der Waals surface area contributed by atoms with Gasteiger partial charge in [-0.2, -0.15) is 4.99 Å². The molecule has 4 heterocycles. The highest BCUT2D eigenvalue weighted by atomic mass is 15.3. The van der Waals surface area contributed by atoms with Crippen LogP contribution in [0.4, 0.5) is 0 Å². The molecule has 0 bridgehead atoms. The summed E-state index contributed by atoms with van der Waals surface area (Å²) in [6, 6.07) is 87.0. The fourth-order valence-electron chi connectivity index (χ4n) is 10.8. The van der Waals surface area contributed by atoms with Gasteiger partial charge in [-0.1, -0.05) is 182 Å².